The number of ether oxygens (including phenoxy) is 1. The number of rotatable bonds is 4. The Kier molecular flexibility index (Phi) is 4.28. The summed E-state index contributed by atoms with van der Waals surface area (Å²) >= 11 is 0. The molecule has 2 atom stereocenters. The van der Waals surface area contributed by atoms with Crippen molar-refractivity contribution in [3.05, 3.63) is 35.6 Å². The summed E-state index contributed by atoms with van der Waals surface area (Å²) in [4.78, 5) is 11.8. The maximum Gasteiger partial charge on any atom is 0.249 e. The number of benzene rings is 1. The van der Waals surface area contributed by atoms with E-state index in [0.717, 1.165) is 6.42 Å². The van der Waals surface area contributed by atoms with E-state index < -0.39 is 6.10 Å². The molecule has 1 aromatic rings. The number of hydrogen-bond donors (Lipinski definition) is 2. The van der Waals surface area contributed by atoms with Gasteiger partial charge in [-0.15, -0.1) is 0 Å². The van der Waals surface area contributed by atoms with Gasteiger partial charge in [0.25, 0.3) is 0 Å². The van der Waals surface area contributed by atoms with Crippen molar-refractivity contribution in [2.24, 2.45) is 5.73 Å². The molecule has 0 spiro atoms. The molecule has 2 unspecified atom stereocenters. The van der Waals surface area contributed by atoms with Gasteiger partial charge in [-0.1, -0.05) is 18.2 Å². The van der Waals surface area contributed by atoms with Crippen molar-refractivity contribution in [2.75, 3.05) is 6.54 Å². The van der Waals surface area contributed by atoms with Crippen molar-refractivity contribution >= 4 is 5.91 Å². The lowest BCUT2D eigenvalue weighted by molar-refractivity contribution is -0.132. The van der Waals surface area contributed by atoms with Gasteiger partial charge in [-0.3, -0.25) is 4.79 Å². The minimum absolute atomic E-state index is 0.0331. The Bertz CT molecular complexity index is 425. The van der Waals surface area contributed by atoms with Gasteiger partial charge in [0.15, 0.2) is 0 Å². The van der Waals surface area contributed by atoms with Gasteiger partial charge in [-0.2, -0.15) is 0 Å². The second-order valence-electron chi connectivity index (χ2n) is 4.37. The van der Waals surface area contributed by atoms with E-state index in [1.54, 1.807) is 18.2 Å². The summed E-state index contributed by atoms with van der Waals surface area (Å²) in [6.45, 7) is 0.607. The largest absolute Gasteiger partial charge is 0.364 e. The van der Waals surface area contributed by atoms with Crippen molar-refractivity contribution in [3.63, 3.8) is 0 Å². The van der Waals surface area contributed by atoms with Crippen LogP contribution in [-0.2, 0) is 16.1 Å². The first kappa shape index (κ1) is 13.0. The molecular weight excluding hydrogens is 235 g/mol. The summed E-state index contributed by atoms with van der Waals surface area (Å²) in [6, 6.07) is 6.37. The van der Waals surface area contributed by atoms with Gasteiger partial charge in [0, 0.05) is 18.7 Å². The van der Waals surface area contributed by atoms with Gasteiger partial charge in [-0.05, 0) is 18.9 Å². The van der Waals surface area contributed by atoms with Crippen molar-refractivity contribution in [1.29, 1.82) is 0 Å². The minimum Gasteiger partial charge on any atom is -0.364 e. The summed E-state index contributed by atoms with van der Waals surface area (Å²) in [7, 11) is 0. The predicted octanol–water partition coefficient (Wildman–Crippen LogP) is 0.948. The van der Waals surface area contributed by atoms with Crippen molar-refractivity contribution in [2.45, 2.75) is 31.6 Å². The number of amides is 1. The molecule has 1 amide bonds. The molecule has 1 heterocycles. The zero-order chi connectivity index (χ0) is 13.0. The molecular formula is C13H17FN2O2. The van der Waals surface area contributed by atoms with Crippen LogP contribution in [0, 0.1) is 5.82 Å². The van der Waals surface area contributed by atoms with Crippen LogP contribution < -0.4 is 11.1 Å². The quantitative estimate of drug-likeness (QED) is 0.838. The number of carbonyl (C=O) groups excluding carboxylic acids is 1. The molecule has 0 radical (unpaired) electrons. The topological polar surface area (TPSA) is 64.4 Å². The summed E-state index contributed by atoms with van der Waals surface area (Å²) < 4.78 is 18.8. The highest BCUT2D eigenvalue weighted by atomic mass is 19.1. The molecule has 1 aliphatic rings. The SMILES string of the molecule is NCC1CCC(C(=O)NCc2ccccc2F)O1. The van der Waals surface area contributed by atoms with Gasteiger partial charge >= 0.3 is 0 Å². The molecule has 2 rings (SSSR count). The highest BCUT2D eigenvalue weighted by molar-refractivity contribution is 5.81. The van der Waals surface area contributed by atoms with Crippen molar-refractivity contribution in [1.82, 2.24) is 5.32 Å². The molecule has 0 aliphatic carbocycles. The average Bonchev–Trinajstić information content (AvgIpc) is 2.86. The van der Waals surface area contributed by atoms with E-state index in [2.05, 4.69) is 5.32 Å². The normalized spacial score (nSPS) is 23.0. The monoisotopic (exact) mass is 252 g/mol. The molecule has 5 heteroatoms. The van der Waals surface area contributed by atoms with E-state index in [4.69, 9.17) is 10.5 Å². The van der Waals surface area contributed by atoms with Crippen molar-refractivity contribution in [3.8, 4) is 0 Å². The third kappa shape index (κ3) is 3.05. The first-order valence-corrected chi connectivity index (χ1v) is 6.07. The van der Waals surface area contributed by atoms with E-state index in [1.807, 2.05) is 0 Å². The minimum atomic E-state index is -0.453. The lowest BCUT2D eigenvalue weighted by Crippen LogP contribution is -2.35. The fraction of sp³-hybridized carbons (Fsp3) is 0.462. The Morgan fingerprint density at radius 3 is 2.89 bits per heavy atom. The molecule has 0 saturated carbocycles. The number of hydrogen-bond acceptors (Lipinski definition) is 3. The molecule has 3 N–H and O–H groups in total. The Morgan fingerprint density at radius 2 is 2.22 bits per heavy atom. The number of carbonyl (C=O) groups is 1. The van der Waals surface area contributed by atoms with Crippen LogP contribution in [0.2, 0.25) is 0 Å². The van der Waals surface area contributed by atoms with E-state index >= 15 is 0 Å². The van der Waals surface area contributed by atoms with Crippen LogP contribution in [0.15, 0.2) is 24.3 Å². The summed E-state index contributed by atoms with van der Waals surface area (Å²) in [6.07, 6.45) is 0.985. The summed E-state index contributed by atoms with van der Waals surface area (Å²) in [5, 5.41) is 2.68. The highest BCUT2D eigenvalue weighted by Crippen LogP contribution is 2.19. The van der Waals surface area contributed by atoms with Gasteiger partial charge in [-0.25, -0.2) is 4.39 Å². The van der Waals surface area contributed by atoms with E-state index in [9.17, 15) is 9.18 Å². The Balaban J connectivity index is 1.84. The fourth-order valence-corrected chi connectivity index (χ4v) is 2.01. The van der Waals surface area contributed by atoms with Crippen LogP contribution in [0.1, 0.15) is 18.4 Å². The maximum absolute atomic E-state index is 13.3. The smallest absolute Gasteiger partial charge is 0.249 e. The van der Waals surface area contributed by atoms with Crippen LogP contribution in [0.5, 0.6) is 0 Å². The van der Waals surface area contributed by atoms with Crippen LogP contribution >= 0.6 is 0 Å². The van der Waals surface area contributed by atoms with Crippen LogP contribution in [0.25, 0.3) is 0 Å². The second-order valence-corrected chi connectivity index (χ2v) is 4.37. The van der Waals surface area contributed by atoms with Crippen LogP contribution in [0.3, 0.4) is 0 Å². The Labute approximate surface area is 105 Å². The molecule has 4 nitrogen and oxygen atoms in total. The molecule has 18 heavy (non-hydrogen) atoms. The zero-order valence-corrected chi connectivity index (χ0v) is 10.1. The first-order chi connectivity index (χ1) is 8.70. The third-order valence-corrected chi connectivity index (χ3v) is 3.07. The maximum atomic E-state index is 13.3. The number of halogens is 1. The Hall–Kier alpha value is -1.46. The van der Waals surface area contributed by atoms with Crippen molar-refractivity contribution < 1.29 is 13.9 Å². The fourth-order valence-electron chi connectivity index (χ4n) is 2.01. The highest BCUT2D eigenvalue weighted by Gasteiger charge is 2.29. The molecule has 98 valence electrons. The molecule has 1 aliphatic heterocycles. The number of nitrogens with one attached hydrogen (secondary N) is 1. The Morgan fingerprint density at radius 1 is 1.44 bits per heavy atom. The summed E-state index contributed by atoms with van der Waals surface area (Å²) in [5.74, 6) is -0.515. The standard InChI is InChI=1S/C13H17FN2O2/c14-11-4-2-1-3-9(11)8-16-13(17)12-6-5-10(7-15)18-12/h1-4,10,12H,5-8,15H2,(H,16,17). The lowest BCUT2D eigenvalue weighted by atomic mass is 10.1. The predicted molar refractivity (Wildman–Crippen MR) is 65.2 cm³/mol. The van der Waals surface area contributed by atoms with Crippen LogP contribution in [0.4, 0.5) is 4.39 Å². The average molecular weight is 252 g/mol. The molecule has 1 aromatic carbocycles. The number of nitrogens with two attached hydrogens (primary N) is 1. The third-order valence-electron chi connectivity index (χ3n) is 3.07. The zero-order valence-electron chi connectivity index (χ0n) is 10.1. The lowest BCUT2D eigenvalue weighted by Gasteiger charge is -2.12. The molecule has 0 bridgehead atoms. The van der Waals surface area contributed by atoms with Gasteiger partial charge < -0.3 is 15.8 Å². The van der Waals surface area contributed by atoms with Gasteiger partial charge in [0.2, 0.25) is 5.91 Å². The molecule has 1 fully saturated rings. The molecule has 1 saturated heterocycles. The van der Waals surface area contributed by atoms with Gasteiger partial charge in [0.05, 0.1) is 6.10 Å². The summed E-state index contributed by atoms with van der Waals surface area (Å²) in [5.41, 5.74) is 5.95. The first-order valence-electron chi connectivity index (χ1n) is 6.07. The van der Waals surface area contributed by atoms with E-state index in [1.165, 1.54) is 6.07 Å². The van der Waals surface area contributed by atoms with Gasteiger partial charge in [0.1, 0.15) is 11.9 Å². The second kappa shape index (κ2) is 5.93. The van der Waals surface area contributed by atoms with E-state index in [0.29, 0.717) is 18.5 Å². The van der Waals surface area contributed by atoms with Crippen LogP contribution in [-0.4, -0.2) is 24.7 Å². The molecule has 0 aromatic heterocycles. The van der Waals surface area contributed by atoms with E-state index in [-0.39, 0.29) is 24.4 Å².